The van der Waals surface area contributed by atoms with E-state index in [0.29, 0.717) is 6.42 Å². The van der Waals surface area contributed by atoms with Gasteiger partial charge in [0.25, 0.3) is 0 Å². The highest BCUT2D eigenvalue weighted by Gasteiger charge is 2.47. The summed E-state index contributed by atoms with van der Waals surface area (Å²) in [5, 5.41) is 38.3. The Bertz CT molecular complexity index is 765. The predicted octanol–water partition coefficient (Wildman–Crippen LogP) is 3.28. The first-order valence-corrected chi connectivity index (χ1v) is 10.2. The molecule has 1 aromatic carbocycles. The van der Waals surface area contributed by atoms with Gasteiger partial charge in [0.1, 0.15) is 19.3 Å². The Balaban J connectivity index is 2.61. The van der Waals surface area contributed by atoms with Crippen molar-refractivity contribution in [2.45, 2.75) is 67.4 Å². The maximum Gasteiger partial charge on any atom is 0.312 e. The zero-order valence-corrected chi connectivity index (χ0v) is 19.5. The van der Waals surface area contributed by atoms with Crippen molar-refractivity contribution in [1.29, 1.82) is 0 Å². The van der Waals surface area contributed by atoms with E-state index in [1.807, 2.05) is 48.5 Å². The Morgan fingerprint density at radius 1 is 0.903 bits per heavy atom. The van der Waals surface area contributed by atoms with Crippen LogP contribution in [0.2, 0.25) is 0 Å². The number of esters is 2. The summed E-state index contributed by atoms with van der Waals surface area (Å²) >= 11 is 0. The summed E-state index contributed by atoms with van der Waals surface area (Å²) in [6, 6.07) is 2.24. The number of hydrogen-bond donors (Lipinski definition) is 4. The fourth-order valence-electron chi connectivity index (χ4n) is 3.25. The molecule has 2 atom stereocenters. The Hall–Kier alpha value is -2.48. The molecule has 0 radical (unpaired) electrons. The van der Waals surface area contributed by atoms with E-state index >= 15 is 0 Å². The number of rotatable bonds is 8. The second-order valence-electron chi connectivity index (χ2n) is 10.4. The van der Waals surface area contributed by atoms with Gasteiger partial charge in [0, 0.05) is 0 Å². The van der Waals surface area contributed by atoms with Crippen molar-refractivity contribution < 1.29 is 39.5 Å². The number of aliphatic hydroxyl groups excluding tert-OH is 1. The van der Waals surface area contributed by atoms with E-state index in [9.17, 15) is 30.0 Å². The normalized spacial score (nSPS) is 15.1. The minimum atomic E-state index is -1.20. The van der Waals surface area contributed by atoms with Crippen molar-refractivity contribution >= 4 is 11.9 Å². The third-order valence-electron chi connectivity index (χ3n) is 5.31. The highest BCUT2D eigenvalue weighted by Crippen LogP contribution is 2.47. The smallest absolute Gasteiger partial charge is 0.312 e. The molecule has 0 fully saturated rings. The number of carbonyl (C=O) groups is 2. The molecular weight excluding hydrogens is 404 g/mol. The van der Waals surface area contributed by atoms with Crippen LogP contribution in [0.4, 0.5) is 0 Å². The summed E-state index contributed by atoms with van der Waals surface area (Å²) in [5.74, 6) is -2.95. The van der Waals surface area contributed by atoms with Gasteiger partial charge >= 0.3 is 11.9 Å². The van der Waals surface area contributed by atoms with Crippen molar-refractivity contribution in [3.63, 3.8) is 0 Å². The van der Waals surface area contributed by atoms with Crippen LogP contribution in [0.15, 0.2) is 12.1 Å². The van der Waals surface area contributed by atoms with Crippen LogP contribution in [0.25, 0.3) is 0 Å². The maximum atomic E-state index is 12.9. The topological polar surface area (TPSA) is 134 Å². The standard InChI is InChI=1S/C23H36O8/c1-21(2,3)13-23(7,22(4,5)6)20(29)31-12-15(24)11-30-18(27)10-14-8-16(25)19(28)17(26)9-14/h8-9,15,24-26,28H,10-13H2,1-7H3. The SMILES string of the molecule is CC(C)(C)CC(C)(C(=O)OCC(O)COC(=O)Cc1cc(O)c(O)c(O)c1)C(C)(C)C. The molecule has 1 aromatic rings. The molecule has 4 N–H and O–H groups in total. The number of carbonyl (C=O) groups excluding carboxylic acids is 2. The van der Waals surface area contributed by atoms with Gasteiger partial charge in [-0.3, -0.25) is 9.59 Å². The molecule has 0 amide bonds. The third-order valence-corrected chi connectivity index (χ3v) is 5.31. The zero-order valence-electron chi connectivity index (χ0n) is 19.5. The van der Waals surface area contributed by atoms with Crippen LogP contribution in [0.3, 0.4) is 0 Å². The summed E-state index contributed by atoms with van der Waals surface area (Å²) in [7, 11) is 0. The molecule has 176 valence electrons. The van der Waals surface area contributed by atoms with Crippen molar-refractivity contribution in [2.75, 3.05) is 13.2 Å². The summed E-state index contributed by atoms with van der Waals surface area (Å²) < 4.78 is 10.3. The lowest BCUT2D eigenvalue weighted by Crippen LogP contribution is -2.45. The van der Waals surface area contributed by atoms with Crippen LogP contribution in [0.1, 0.15) is 60.5 Å². The molecule has 0 bridgehead atoms. The largest absolute Gasteiger partial charge is 0.504 e. The van der Waals surface area contributed by atoms with Crippen LogP contribution < -0.4 is 0 Å². The van der Waals surface area contributed by atoms with Gasteiger partial charge in [0.2, 0.25) is 0 Å². The molecule has 1 rings (SSSR count). The Kier molecular flexibility index (Phi) is 8.37. The van der Waals surface area contributed by atoms with Gasteiger partial charge in [-0.05, 0) is 41.9 Å². The fourth-order valence-corrected chi connectivity index (χ4v) is 3.25. The number of benzene rings is 1. The van der Waals surface area contributed by atoms with Crippen LogP contribution in [-0.2, 0) is 25.5 Å². The minimum absolute atomic E-state index is 0.105. The molecule has 0 heterocycles. The van der Waals surface area contributed by atoms with Gasteiger partial charge in [-0.25, -0.2) is 0 Å². The third kappa shape index (κ3) is 7.61. The summed E-state index contributed by atoms with van der Waals surface area (Å²) in [6.45, 7) is 13.2. The van der Waals surface area contributed by atoms with Gasteiger partial charge in [-0.2, -0.15) is 0 Å². The van der Waals surface area contributed by atoms with Crippen molar-refractivity contribution in [3.05, 3.63) is 17.7 Å². The molecule has 8 heteroatoms. The van der Waals surface area contributed by atoms with E-state index in [1.165, 1.54) is 0 Å². The van der Waals surface area contributed by atoms with Crippen LogP contribution in [0, 0.1) is 16.2 Å². The van der Waals surface area contributed by atoms with E-state index in [0.717, 1.165) is 12.1 Å². The van der Waals surface area contributed by atoms with Gasteiger partial charge in [0.05, 0.1) is 11.8 Å². The lowest BCUT2D eigenvalue weighted by atomic mass is 9.61. The molecule has 0 aromatic heterocycles. The van der Waals surface area contributed by atoms with Crippen LogP contribution in [0.5, 0.6) is 17.2 Å². The minimum Gasteiger partial charge on any atom is -0.504 e. The second-order valence-corrected chi connectivity index (χ2v) is 10.4. The lowest BCUT2D eigenvalue weighted by molar-refractivity contribution is -0.169. The quantitative estimate of drug-likeness (QED) is 0.357. The van der Waals surface area contributed by atoms with Crippen molar-refractivity contribution in [1.82, 2.24) is 0 Å². The van der Waals surface area contributed by atoms with E-state index in [2.05, 4.69) is 0 Å². The summed E-state index contributed by atoms with van der Waals surface area (Å²) in [5.41, 5.74) is -1.02. The average Bonchev–Trinajstić information content (AvgIpc) is 2.59. The summed E-state index contributed by atoms with van der Waals surface area (Å²) in [6.07, 6.45) is -0.894. The van der Waals surface area contributed by atoms with E-state index in [1.54, 1.807) is 0 Å². The molecule has 31 heavy (non-hydrogen) atoms. The first kappa shape index (κ1) is 26.6. The number of phenolic OH excluding ortho intramolecular Hbond substituents is 3. The number of aromatic hydroxyl groups is 3. The first-order valence-electron chi connectivity index (χ1n) is 10.2. The monoisotopic (exact) mass is 440 g/mol. The molecular formula is C23H36O8. The molecule has 0 saturated heterocycles. The zero-order chi connectivity index (χ0) is 24.2. The predicted molar refractivity (Wildman–Crippen MR) is 115 cm³/mol. The van der Waals surface area contributed by atoms with Crippen molar-refractivity contribution in [3.8, 4) is 17.2 Å². The van der Waals surface area contributed by atoms with Gasteiger partial charge in [0.15, 0.2) is 17.2 Å². The van der Waals surface area contributed by atoms with Gasteiger partial charge in [-0.1, -0.05) is 41.5 Å². The van der Waals surface area contributed by atoms with Crippen LogP contribution >= 0.6 is 0 Å². The molecule has 0 aliphatic rings. The van der Waals surface area contributed by atoms with Crippen LogP contribution in [-0.4, -0.2) is 51.7 Å². The molecule has 0 saturated carbocycles. The fraction of sp³-hybridized carbons (Fsp3) is 0.652. The molecule has 0 spiro atoms. The Morgan fingerprint density at radius 2 is 1.39 bits per heavy atom. The Morgan fingerprint density at radius 3 is 1.84 bits per heavy atom. The number of phenols is 3. The van der Waals surface area contributed by atoms with Crippen molar-refractivity contribution in [2.24, 2.45) is 16.2 Å². The number of ether oxygens (including phenoxy) is 2. The molecule has 8 nitrogen and oxygen atoms in total. The second kappa shape index (κ2) is 9.77. The molecule has 0 aliphatic heterocycles. The number of hydrogen-bond acceptors (Lipinski definition) is 8. The Labute approximate surface area is 183 Å². The average molecular weight is 441 g/mol. The summed E-state index contributed by atoms with van der Waals surface area (Å²) in [4.78, 5) is 24.8. The van der Waals surface area contributed by atoms with E-state index in [4.69, 9.17) is 9.47 Å². The molecule has 2 unspecified atom stereocenters. The van der Waals surface area contributed by atoms with E-state index in [-0.39, 0.29) is 36.0 Å². The highest BCUT2D eigenvalue weighted by molar-refractivity contribution is 5.77. The number of aliphatic hydroxyl groups is 1. The van der Waals surface area contributed by atoms with E-state index < -0.39 is 40.7 Å². The van der Waals surface area contributed by atoms with Gasteiger partial charge in [-0.15, -0.1) is 0 Å². The molecule has 0 aliphatic carbocycles. The maximum absolute atomic E-state index is 12.9. The van der Waals surface area contributed by atoms with Gasteiger partial charge < -0.3 is 29.9 Å². The lowest BCUT2D eigenvalue weighted by Gasteiger charge is -2.43. The highest BCUT2D eigenvalue weighted by atomic mass is 16.6. The first-order chi connectivity index (χ1) is 14.0.